The van der Waals surface area contributed by atoms with Crippen LogP contribution in [-0.4, -0.2) is 10.8 Å². The first-order valence-corrected chi connectivity index (χ1v) is 5.67. The minimum atomic E-state index is 0.143. The molecule has 0 radical (unpaired) electrons. The van der Waals surface area contributed by atoms with Gasteiger partial charge in [-0.2, -0.15) is 0 Å². The normalized spacial score (nSPS) is 10.2. The maximum Gasteiger partial charge on any atom is 0.167 e. The topological polar surface area (TPSA) is 30.0 Å². The van der Waals surface area contributed by atoms with Gasteiger partial charge >= 0.3 is 0 Å². The Morgan fingerprint density at radius 3 is 2.24 bits per heavy atom. The van der Waals surface area contributed by atoms with Gasteiger partial charge < -0.3 is 0 Å². The van der Waals surface area contributed by atoms with Gasteiger partial charge in [0.2, 0.25) is 0 Å². The summed E-state index contributed by atoms with van der Waals surface area (Å²) in [5.74, 6) is 0.143. The van der Waals surface area contributed by atoms with Crippen LogP contribution in [0.4, 0.5) is 0 Å². The van der Waals surface area contributed by atoms with Crippen molar-refractivity contribution in [1.29, 1.82) is 0 Å². The summed E-state index contributed by atoms with van der Waals surface area (Å²) in [7, 11) is 0. The molecule has 0 saturated heterocycles. The number of carbonyl (C=O) groups is 1. The SMILES string of the molecule is Cc1cc(C(=O)Cc2ccccc2)cc(C)n1. The van der Waals surface area contributed by atoms with Crippen molar-refractivity contribution in [3.63, 3.8) is 0 Å². The number of nitrogens with zero attached hydrogens (tertiary/aromatic N) is 1. The number of aromatic nitrogens is 1. The molecule has 1 heterocycles. The molecule has 0 aliphatic rings. The van der Waals surface area contributed by atoms with Gasteiger partial charge in [-0.05, 0) is 31.5 Å². The first-order valence-electron chi connectivity index (χ1n) is 5.67. The molecule has 1 aromatic heterocycles. The zero-order valence-electron chi connectivity index (χ0n) is 10.1. The number of carbonyl (C=O) groups excluding carboxylic acids is 1. The van der Waals surface area contributed by atoms with E-state index in [1.807, 2.05) is 56.3 Å². The van der Waals surface area contributed by atoms with Gasteiger partial charge in [0.25, 0.3) is 0 Å². The van der Waals surface area contributed by atoms with Crippen molar-refractivity contribution >= 4 is 5.78 Å². The van der Waals surface area contributed by atoms with E-state index in [1.165, 1.54) is 0 Å². The van der Waals surface area contributed by atoms with Crippen LogP contribution in [0, 0.1) is 13.8 Å². The predicted octanol–water partition coefficient (Wildman–Crippen LogP) is 3.12. The summed E-state index contributed by atoms with van der Waals surface area (Å²) in [6, 6.07) is 13.5. The average molecular weight is 225 g/mol. The quantitative estimate of drug-likeness (QED) is 0.751. The molecule has 0 bridgehead atoms. The van der Waals surface area contributed by atoms with Gasteiger partial charge in [-0.15, -0.1) is 0 Å². The van der Waals surface area contributed by atoms with Crippen LogP contribution in [-0.2, 0) is 6.42 Å². The third kappa shape index (κ3) is 3.00. The zero-order chi connectivity index (χ0) is 12.3. The van der Waals surface area contributed by atoms with E-state index in [-0.39, 0.29) is 5.78 Å². The fourth-order valence-corrected chi connectivity index (χ4v) is 1.88. The monoisotopic (exact) mass is 225 g/mol. The van der Waals surface area contributed by atoms with Crippen molar-refractivity contribution in [2.75, 3.05) is 0 Å². The molecule has 2 heteroatoms. The number of rotatable bonds is 3. The van der Waals surface area contributed by atoms with Gasteiger partial charge in [0.1, 0.15) is 0 Å². The van der Waals surface area contributed by atoms with Crippen molar-refractivity contribution in [3.05, 3.63) is 65.0 Å². The fourth-order valence-electron chi connectivity index (χ4n) is 1.88. The molecule has 0 aliphatic carbocycles. The van der Waals surface area contributed by atoms with Crippen LogP contribution in [0.1, 0.15) is 27.3 Å². The van der Waals surface area contributed by atoms with Gasteiger partial charge in [-0.3, -0.25) is 9.78 Å². The molecule has 0 fully saturated rings. The molecule has 2 rings (SSSR count). The number of ketones is 1. The summed E-state index contributed by atoms with van der Waals surface area (Å²) < 4.78 is 0. The van der Waals surface area contributed by atoms with E-state index in [4.69, 9.17) is 0 Å². The van der Waals surface area contributed by atoms with Crippen LogP contribution in [0.15, 0.2) is 42.5 Å². The first-order chi connectivity index (χ1) is 8.15. The van der Waals surface area contributed by atoms with Crippen LogP contribution in [0.5, 0.6) is 0 Å². The van der Waals surface area contributed by atoms with Crippen molar-refractivity contribution < 1.29 is 4.79 Å². The first kappa shape index (κ1) is 11.5. The third-order valence-electron chi connectivity index (χ3n) is 2.61. The summed E-state index contributed by atoms with van der Waals surface area (Å²) in [5.41, 5.74) is 3.58. The van der Waals surface area contributed by atoms with Crippen LogP contribution < -0.4 is 0 Å². The van der Waals surface area contributed by atoms with Crippen LogP contribution in [0.25, 0.3) is 0 Å². The molecule has 1 aromatic carbocycles. The second-order valence-electron chi connectivity index (χ2n) is 4.22. The molecule has 0 spiro atoms. The summed E-state index contributed by atoms with van der Waals surface area (Å²) in [6.45, 7) is 3.82. The van der Waals surface area contributed by atoms with E-state index >= 15 is 0 Å². The Morgan fingerprint density at radius 1 is 1.06 bits per heavy atom. The lowest BCUT2D eigenvalue weighted by Crippen LogP contribution is -2.05. The summed E-state index contributed by atoms with van der Waals surface area (Å²) in [4.78, 5) is 16.4. The number of aryl methyl sites for hydroxylation is 2. The Kier molecular flexibility index (Phi) is 3.33. The minimum absolute atomic E-state index is 0.143. The van der Waals surface area contributed by atoms with Gasteiger partial charge in [-0.1, -0.05) is 30.3 Å². The van der Waals surface area contributed by atoms with Crippen molar-refractivity contribution in [2.24, 2.45) is 0 Å². The van der Waals surface area contributed by atoms with E-state index < -0.39 is 0 Å². The number of hydrogen-bond donors (Lipinski definition) is 0. The Labute approximate surface area is 101 Å². The Hall–Kier alpha value is -1.96. The highest BCUT2D eigenvalue weighted by Crippen LogP contribution is 2.10. The van der Waals surface area contributed by atoms with Crippen LogP contribution in [0.2, 0.25) is 0 Å². The van der Waals surface area contributed by atoms with Crippen molar-refractivity contribution in [1.82, 2.24) is 4.98 Å². The maximum atomic E-state index is 12.1. The largest absolute Gasteiger partial charge is 0.294 e. The summed E-state index contributed by atoms with van der Waals surface area (Å²) in [5, 5.41) is 0. The van der Waals surface area contributed by atoms with E-state index in [9.17, 15) is 4.79 Å². The second-order valence-corrected chi connectivity index (χ2v) is 4.22. The molecule has 2 nitrogen and oxygen atoms in total. The number of hydrogen-bond acceptors (Lipinski definition) is 2. The van der Waals surface area contributed by atoms with Crippen LogP contribution in [0.3, 0.4) is 0 Å². The van der Waals surface area contributed by atoms with E-state index in [1.54, 1.807) is 0 Å². The lowest BCUT2D eigenvalue weighted by atomic mass is 10.0. The number of benzene rings is 1. The third-order valence-corrected chi connectivity index (χ3v) is 2.61. The number of pyridine rings is 1. The molecular weight excluding hydrogens is 210 g/mol. The molecule has 17 heavy (non-hydrogen) atoms. The van der Waals surface area contributed by atoms with Gasteiger partial charge in [0, 0.05) is 23.4 Å². The van der Waals surface area contributed by atoms with E-state index in [0.29, 0.717) is 6.42 Å². The van der Waals surface area contributed by atoms with E-state index in [2.05, 4.69) is 4.98 Å². The molecular formula is C15H15NO. The minimum Gasteiger partial charge on any atom is -0.294 e. The van der Waals surface area contributed by atoms with Crippen molar-refractivity contribution in [3.8, 4) is 0 Å². The molecule has 0 saturated carbocycles. The molecule has 0 N–H and O–H groups in total. The highest BCUT2D eigenvalue weighted by atomic mass is 16.1. The predicted molar refractivity (Wildman–Crippen MR) is 68.2 cm³/mol. The summed E-state index contributed by atoms with van der Waals surface area (Å²) in [6.07, 6.45) is 0.448. The Bertz CT molecular complexity index is 512. The molecule has 0 aliphatic heterocycles. The van der Waals surface area contributed by atoms with E-state index in [0.717, 1.165) is 22.5 Å². The molecule has 0 unspecified atom stereocenters. The smallest absolute Gasteiger partial charge is 0.167 e. The highest BCUT2D eigenvalue weighted by molar-refractivity contribution is 5.97. The zero-order valence-corrected chi connectivity index (χ0v) is 10.1. The molecule has 0 atom stereocenters. The highest BCUT2D eigenvalue weighted by Gasteiger charge is 2.08. The lowest BCUT2D eigenvalue weighted by Gasteiger charge is -2.04. The Morgan fingerprint density at radius 2 is 1.65 bits per heavy atom. The lowest BCUT2D eigenvalue weighted by molar-refractivity contribution is 0.0992. The number of Topliss-reactive ketones (excluding diaryl/α,β-unsaturated/α-hetero) is 1. The van der Waals surface area contributed by atoms with Gasteiger partial charge in [-0.25, -0.2) is 0 Å². The van der Waals surface area contributed by atoms with Crippen molar-refractivity contribution in [2.45, 2.75) is 20.3 Å². The van der Waals surface area contributed by atoms with Gasteiger partial charge in [0.15, 0.2) is 5.78 Å². The van der Waals surface area contributed by atoms with Crippen LogP contribution >= 0.6 is 0 Å². The molecule has 86 valence electrons. The summed E-state index contributed by atoms with van der Waals surface area (Å²) >= 11 is 0. The average Bonchev–Trinajstić information content (AvgIpc) is 2.29. The maximum absolute atomic E-state index is 12.1. The second kappa shape index (κ2) is 4.91. The Balaban J connectivity index is 2.20. The molecule has 0 amide bonds. The van der Waals surface area contributed by atoms with Gasteiger partial charge in [0.05, 0.1) is 0 Å². The fraction of sp³-hybridized carbons (Fsp3) is 0.200. The standard InChI is InChI=1S/C15H15NO/c1-11-8-14(9-12(2)16-11)15(17)10-13-6-4-3-5-7-13/h3-9H,10H2,1-2H3. The molecule has 2 aromatic rings.